The molecule has 0 aliphatic carbocycles. The highest BCUT2D eigenvalue weighted by atomic mass is 19.3. The fourth-order valence-electron chi connectivity index (χ4n) is 1.97. The Kier molecular flexibility index (Phi) is 5.42. The third kappa shape index (κ3) is 4.35. The molecule has 0 saturated heterocycles. The van der Waals surface area contributed by atoms with Crippen molar-refractivity contribution in [1.82, 2.24) is 10.1 Å². The monoisotopic (exact) mass is 365 g/mol. The molecule has 2 aromatic heterocycles. The number of halogens is 2. The molecule has 0 fully saturated rings. The van der Waals surface area contributed by atoms with Crippen LogP contribution in [-0.4, -0.2) is 30.1 Å². The molecule has 0 N–H and O–H groups in total. The second-order valence-electron chi connectivity index (χ2n) is 4.82. The molecule has 10 heteroatoms. The summed E-state index contributed by atoms with van der Waals surface area (Å²) < 4.78 is 43.9. The van der Waals surface area contributed by atoms with Crippen LogP contribution < -0.4 is 9.47 Å². The van der Waals surface area contributed by atoms with Crippen molar-refractivity contribution in [2.75, 3.05) is 7.11 Å². The van der Waals surface area contributed by atoms with Gasteiger partial charge in [0.05, 0.1) is 25.2 Å². The lowest BCUT2D eigenvalue weighted by Crippen LogP contribution is -2.03. The van der Waals surface area contributed by atoms with Gasteiger partial charge in [-0.05, 0) is 24.3 Å². The van der Waals surface area contributed by atoms with E-state index in [4.69, 9.17) is 18.5 Å². The molecule has 8 nitrogen and oxygen atoms in total. The highest BCUT2D eigenvalue weighted by Crippen LogP contribution is 2.28. The Morgan fingerprint density at radius 2 is 2.15 bits per heavy atom. The molecule has 0 aliphatic rings. The normalized spacial score (nSPS) is 11.2. The number of alkyl halides is 2. The van der Waals surface area contributed by atoms with Crippen molar-refractivity contribution in [3.63, 3.8) is 0 Å². The van der Waals surface area contributed by atoms with Gasteiger partial charge in [-0.2, -0.15) is 13.8 Å². The minimum Gasteiger partial charge on any atom is -0.493 e. The third-order valence-electron chi connectivity index (χ3n) is 3.12. The second-order valence-corrected chi connectivity index (χ2v) is 4.82. The molecule has 0 saturated carbocycles. The van der Waals surface area contributed by atoms with Gasteiger partial charge in [-0.1, -0.05) is 10.3 Å². The number of nitrogens with zero attached hydrogens (tertiary/aromatic N) is 3. The van der Waals surface area contributed by atoms with Crippen molar-refractivity contribution in [3.05, 3.63) is 48.2 Å². The smallest absolute Gasteiger partial charge is 0.387 e. The Morgan fingerprint density at radius 3 is 2.88 bits per heavy atom. The Hall–Kier alpha value is -3.43. The van der Waals surface area contributed by atoms with Crippen LogP contribution in [0.2, 0.25) is 0 Å². The van der Waals surface area contributed by atoms with E-state index in [1.807, 2.05) is 0 Å². The van der Waals surface area contributed by atoms with Gasteiger partial charge in [0.1, 0.15) is 6.26 Å². The van der Waals surface area contributed by atoms with Gasteiger partial charge in [-0.25, -0.2) is 0 Å². The van der Waals surface area contributed by atoms with Crippen LogP contribution in [0.3, 0.4) is 0 Å². The number of benzene rings is 1. The van der Waals surface area contributed by atoms with Crippen LogP contribution in [0.25, 0.3) is 11.4 Å². The number of hydrogen-bond acceptors (Lipinski definition) is 8. The van der Waals surface area contributed by atoms with Crippen LogP contribution in [0, 0.1) is 0 Å². The average Bonchev–Trinajstić information content (AvgIpc) is 3.30. The van der Waals surface area contributed by atoms with Gasteiger partial charge in [0.2, 0.25) is 5.82 Å². The minimum absolute atomic E-state index is 0.0366. The first kappa shape index (κ1) is 17.4. The van der Waals surface area contributed by atoms with Gasteiger partial charge < -0.3 is 23.3 Å². The maximum atomic E-state index is 12.3. The van der Waals surface area contributed by atoms with Crippen molar-refractivity contribution in [3.8, 4) is 22.9 Å². The van der Waals surface area contributed by atoms with E-state index in [0.29, 0.717) is 17.0 Å². The summed E-state index contributed by atoms with van der Waals surface area (Å²) in [5.74, 6) is 0.686. The molecule has 26 heavy (non-hydrogen) atoms. The van der Waals surface area contributed by atoms with E-state index in [-0.39, 0.29) is 24.0 Å². The van der Waals surface area contributed by atoms with Crippen molar-refractivity contribution in [2.45, 2.75) is 13.2 Å². The van der Waals surface area contributed by atoms with E-state index in [9.17, 15) is 8.78 Å². The molecule has 3 aromatic rings. The van der Waals surface area contributed by atoms with E-state index in [1.165, 1.54) is 44.0 Å². The first-order valence-corrected chi connectivity index (χ1v) is 7.29. The predicted molar refractivity (Wildman–Crippen MR) is 84.0 cm³/mol. The summed E-state index contributed by atoms with van der Waals surface area (Å²) in [5, 5.41) is 7.54. The number of furan rings is 1. The van der Waals surface area contributed by atoms with E-state index < -0.39 is 6.61 Å². The molecule has 0 bridgehead atoms. The number of hydrogen-bond donors (Lipinski definition) is 0. The first-order valence-electron chi connectivity index (χ1n) is 7.29. The lowest BCUT2D eigenvalue weighted by atomic mass is 10.2. The van der Waals surface area contributed by atoms with E-state index in [2.05, 4.69) is 20.0 Å². The molecule has 0 amide bonds. The van der Waals surface area contributed by atoms with Gasteiger partial charge in [-0.15, -0.1) is 0 Å². The Labute approximate surface area is 146 Å². The average molecular weight is 365 g/mol. The molecule has 2 heterocycles. The van der Waals surface area contributed by atoms with Crippen LogP contribution >= 0.6 is 0 Å². The van der Waals surface area contributed by atoms with Crippen molar-refractivity contribution in [1.29, 1.82) is 0 Å². The predicted octanol–water partition coefficient (Wildman–Crippen LogP) is 3.49. The van der Waals surface area contributed by atoms with Gasteiger partial charge >= 0.3 is 6.61 Å². The van der Waals surface area contributed by atoms with Gasteiger partial charge in [0.25, 0.3) is 5.89 Å². The Morgan fingerprint density at radius 1 is 1.27 bits per heavy atom. The van der Waals surface area contributed by atoms with E-state index in [1.54, 1.807) is 6.07 Å². The molecule has 0 spiro atoms. The Balaban J connectivity index is 1.57. The maximum absolute atomic E-state index is 12.3. The zero-order valence-electron chi connectivity index (χ0n) is 13.5. The van der Waals surface area contributed by atoms with E-state index >= 15 is 0 Å². The number of ether oxygens (including phenoxy) is 2. The molecule has 0 unspecified atom stereocenters. The molecular weight excluding hydrogens is 352 g/mol. The lowest BCUT2D eigenvalue weighted by Gasteiger charge is -2.09. The molecule has 0 atom stereocenters. The highest BCUT2D eigenvalue weighted by Gasteiger charge is 2.11. The topological polar surface area (TPSA) is 92.1 Å². The van der Waals surface area contributed by atoms with E-state index in [0.717, 1.165) is 0 Å². The van der Waals surface area contributed by atoms with Crippen molar-refractivity contribution in [2.24, 2.45) is 5.16 Å². The largest absolute Gasteiger partial charge is 0.493 e. The number of methoxy groups -OCH3 is 1. The number of aromatic nitrogens is 2. The summed E-state index contributed by atoms with van der Waals surface area (Å²) in [6.07, 6.45) is 4.36. The summed E-state index contributed by atoms with van der Waals surface area (Å²) in [5.41, 5.74) is 1.25. The lowest BCUT2D eigenvalue weighted by molar-refractivity contribution is -0.0512. The van der Waals surface area contributed by atoms with Gasteiger partial charge in [-0.3, -0.25) is 0 Å². The minimum atomic E-state index is -2.94. The molecule has 3 rings (SSSR count). The number of oxime groups is 1. The van der Waals surface area contributed by atoms with Crippen LogP contribution in [-0.2, 0) is 11.4 Å². The summed E-state index contributed by atoms with van der Waals surface area (Å²) in [4.78, 5) is 9.20. The SMILES string of the molecule is COc1cc(C=NOCc2nc(-c3ccoc3)no2)ccc1OC(F)F. The quantitative estimate of drug-likeness (QED) is 0.446. The summed E-state index contributed by atoms with van der Waals surface area (Å²) in [6, 6.07) is 6.05. The second kappa shape index (κ2) is 8.10. The third-order valence-corrected chi connectivity index (χ3v) is 3.12. The summed E-state index contributed by atoms with van der Waals surface area (Å²) in [6.45, 7) is -2.97. The van der Waals surface area contributed by atoms with Crippen LogP contribution in [0.5, 0.6) is 11.5 Å². The fraction of sp³-hybridized carbons (Fsp3) is 0.188. The maximum Gasteiger partial charge on any atom is 0.387 e. The van der Waals surface area contributed by atoms with Crippen LogP contribution in [0.4, 0.5) is 8.78 Å². The Bertz CT molecular complexity index is 865. The summed E-state index contributed by atoms with van der Waals surface area (Å²) in [7, 11) is 1.35. The molecular formula is C16H13F2N3O5. The van der Waals surface area contributed by atoms with Gasteiger partial charge in [0.15, 0.2) is 18.1 Å². The van der Waals surface area contributed by atoms with Gasteiger partial charge in [0, 0.05) is 5.56 Å². The molecule has 0 aliphatic heterocycles. The van der Waals surface area contributed by atoms with Crippen LogP contribution in [0.1, 0.15) is 11.5 Å². The van der Waals surface area contributed by atoms with Crippen molar-refractivity contribution >= 4 is 6.21 Å². The molecule has 136 valence electrons. The van der Waals surface area contributed by atoms with Crippen LogP contribution in [0.15, 0.2) is 50.9 Å². The first-order chi connectivity index (χ1) is 12.7. The fourth-order valence-corrected chi connectivity index (χ4v) is 1.97. The van der Waals surface area contributed by atoms with Crippen molar-refractivity contribution < 1.29 is 32.0 Å². The molecule has 0 radical (unpaired) electrons. The number of rotatable bonds is 8. The zero-order chi connectivity index (χ0) is 18.4. The highest BCUT2D eigenvalue weighted by molar-refractivity contribution is 5.80. The summed E-state index contributed by atoms with van der Waals surface area (Å²) >= 11 is 0. The zero-order valence-corrected chi connectivity index (χ0v) is 13.5. The standard InChI is InChI=1S/C16H13F2N3O5/c1-22-13-6-10(2-3-12(13)25-16(17)18)7-19-24-9-14-20-15(21-26-14)11-4-5-23-8-11/h2-8,16H,9H2,1H3. The molecule has 1 aromatic carbocycles.